The summed E-state index contributed by atoms with van der Waals surface area (Å²) in [6, 6.07) is 10.2. The Balaban J connectivity index is 1.94. The number of nitrogens with one attached hydrogen (secondary N) is 1. The maximum Gasteiger partial charge on any atom is 0.236 e. The molecule has 1 unspecified atom stereocenters. The molecular weight excluding hydrogens is 214 g/mol. The molecule has 0 aromatic heterocycles. The molecule has 1 aromatic carbocycles. The predicted octanol–water partition coefficient (Wildman–Crippen LogP) is 0.729. The number of hydrogen-bond acceptors (Lipinski definition) is 3. The van der Waals surface area contributed by atoms with E-state index in [0.29, 0.717) is 12.6 Å². The molecule has 1 fully saturated rings. The normalized spacial score (nSPS) is 16.5. The minimum Gasteiger partial charge on any atom is -0.372 e. The number of primary amides is 1. The summed E-state index contributed by atoms with van der Waals surface area (Å²) in [4.78, 5) is 13.4. The van der Waals surface area contributed by atoms with Crippen molar-refractivity contribution in [1.29, 1.82) is 0 Å². The number of carbonyl (C=O) groups excluding carboxylic acids is 1. The third-order valence-corrected chi connectivity index (χ3v) is 3.01. The summed E-state index contributed by atoms with van der Waals surface area (Å²) in [6.07, 6.45) is 2.30. The Labute approximate surface area is 102 Å². The molecule has 1 aromatic rings. The third kappa shape index (κ3) is 3.46. The zero-order valence-corrected chi connectivity index (χ0v) is 10.1. The summed E-state index contributed by atoms with van der Waals surface area (Å²) in [5.41, 5.74) is 6.50. The molecule has 1 atom stereocenters. The van der Waals surface area contributed by atoms with Gasteiger partial charge in [-0.05, 0) is 25.0 Å². The molecule has 0 radical (unpaired) electrons. The van der Waals surface area contributed by atoms with E-state index in [1.54, 1.807) is 0 Å². The van der Waals surface area contributed by atoms with E-state index in [9.17, 15) is 4.79 Å². The van der Waals surface area contributed by atoms with Crippen LogP contribution in [-0.2, 0) is 4.79 Å². The van der Waals surface area contributed by atoms with E-state index in [-0.39, 0.29) is 11.9 Å². The summed E-state index contributed by atoms with van der Waals surface area (Å²) < 4.78 is 0. The van der Waals surface area contributed by atoms with Crippen LogP contribution in [0.1, 0.15) is 12.8 Å². The van der Waals surface area contributed by atoms with Crippen LogP contribution in [0.25, 0.3) is 0 Å². The highest BCUT2D eigenvalue weighted by atomic mass is 16.1. The molecule has 0 saturated heterocycles. The number of nitrogens with two attached hydrogens (primary N) is 1. The summed E-state index contributed by atoms with van der Waals surface area (Å²) in [5, 5.41) is 3.27. The van der Waals surface area contributed by atoms with Crippen LogP contribution in [0.5, 0.6) is 0 Å². The zero-order chi connectivity index (χ0) is 12.3. The minimum atomic E-state index is -0.278. The Morgan fingerprint density at radius 2 is 2.12 bits per heavy atom. The zero-order valence-electron chi connectivity index (χ0n) is 10.1. The Morgan fingerprint density at radius 3 is 2.65 bits per heavy atom. The van der Waals surface area contributed by atoms with Crippen molar-refractivity contribution < 1.29 is 4.79 Å². The lowest BCUT2D eigenvalue weighted by Gasteiger charge is -2.24. The van der Waals surface area contributed by atoms with Crippen molar-refractivity contribution in [2.24, 2.45) is 5.73 Å². The molecule has 17 heavy (non-hydrogen) atoms. The van der Waals surface area contributed by atoms with E-state index in [0.717, 1.165) is 18.5 Å². The summed E-state index contributed by atoms with van der Waals surface area (Å²) in [6.45, 7) is 0.607. The minimum absolute atomic E-state index is 0.271. The first-order valence-corrected chi connectivity index (χ1v) is 5.98. The van der Waals surface area contributed by atoms with Gasteiger partial charge in [0, 0.05) is 25.3 Å². The molecule has 1 aliphatic carbocycles. The van der Waals surface area contributed by atoms with E-state index >= 15 is 0 Å². The highest BCUT2D eigenvalue weighted by Crippen LogP contribution is 2.20. The number of para-hydroxylation sites is 1. The van der Waals surface area contributed by atoms with Crippen molar-refractivity contribution in [3.8, 4) is 0 Å². The second-order valence-electron chi connectivity index (χ2n) is 4.61. The maximum atomic E-state index is 11.4. The van der Waals surface area contributed by atoms with Crippen molar-refractivity contribution in [2.45, 2.75) is 24.9 Å². The van der Waals surface area contributed by atoms with Crippen LogP contribution in [0.3, 0.4) is 0 Å². The predicted molar refractivity (Wildman–Crippen MR) is 68.9 cm³/mol. The van der Waals surface area contributed by atoms with Crippen LogP contribution in [0, 0.1) is 0 Å². The molecule has 0 heterocycles. The average Bonchev–Trinajstić information content (AvgIpc) is 3.13. The van der Waals surface area contributed by atoms with Gasteiger partial charge in [0.15, 0.2) is 0 Å². The van der Waals surface area contributed by atoms with Crippen LogP contribution in [0.2, 0.25) is 0 Å². The molecule has 4 nitrogen and oxygen atoms in total. The fourth-order valence-electron chi connectivity index (χ4n) is 1.82. The first-order chi connectivity index (χ1) is 8.16. The van der Waals surface area contributed by atoms with Crippen LogP contribution in [0.15, 0.2) is 30.3 Å². The molecule has 2 rings (SSSR count). The molecule has 1 saturated carbocycles. The SMILES string of the molecule is CN(CC(NC1CC1)C(N)=O)c1ccccc1. The maximum absolute atomic E-state index is 11.4. The van der Waals surface area contributed by atoms with Gasteiger partial charge in [-0.15, -0.1) is 0 Å². The van der Waals surface area contributed by atoms with Gasteiger partial charge in [-0.3, -0.25) is 4.79 Å². The number of amides is 1. The first-order valence-electron chi connectivity index (χ1n) is 5.98. The number of nitrogens with zero attached hydrogens (tertiary/aromatic N) is 1. The van der Waals surface area contributed by atoms with E-state index in [1.807, 2.05) is 42.3 Å². The van der Waals surface area contributed by atoms with E-state index in [1.165, 1.54) is 0 Å². The van der Waals surface area contributed by atoms with Gasteiger partial charge in [0.1, 0.15) is 6.04 Å². The number of benzene rings is 1. The Hall–Kier alpha value is -1.55. The van der Waals surface area contributed by atoms with Crippen molar-refractivity contribution in [3.05, 3.63) is 30.3 Å². The third-order valence-electron chi connectivity index (χ3n) is 3.01. The van der Waals surface area contributed by atoms with Crippen LogP contribution >= 0.6 is 0 Å². The van der Waals surface area contributed by atoms with E-state index in [4.69, 9.17) is 5.73 Å². The first kappa shape index (κ1) is 11.9. The van der Waals surface area contributed by atoms with E-state index < -0.39 is 0 Å². The number of hydrogen-bond donors (Lipinski definition) is 2. The fourth-order valence-corrected chi connectivity index (χ4v) is 1.82. The Kier molecular flexibility index (Phi) is 3.64. The second-order valence-corrected chi connectivity index (χ2v) is 4.61. The molecule has 0 spiro atoms. The van der Waals surface area contributed by atoms with E-state index in [2.05, 4.69) is 5.32 Å². The van der Waals surface area contributed by atoms with Gasteiger partial charge in [0.25, 0.3) is 0 Å². The Morgan fingerprint density at radius 1 is 1.47 bits per heavy atom. The average molecular weight is 233 g/mol. The summed E-state index contributed by atoms with van der Waals surface area (Å²) in [7, 11) is 1.97. The lowest BCUT2D eigenvalue weighted by molar-refractivity contribution is -0.119. The lowest BCUT2D eigenvalue weighted by atomic mass is 10.2. The highest BCUT2D eigenvalue weighted by molar-refractivity contribution is 5.80. The van der Waals surface area contributed by atoms with Gasteiger partial charge in [-0.25, -0.2) is 0 Å². The molecule has 92 valence electrons. The number of rotatable bonds is 6. The van der Waals surface area contributed by atoms with Crippen molar-refractivity contribution in [3.63, 3.8) is 0 Å². The van der Waals surface area contributed by atoms with Gasteiger partial charge >= 0.3 is 0 Å². The fraction of sp³-hybridized carbons (Fsp3) is 0.462. The van der Waals surface area contributed by atoms with Gasteiger partial charge in [0.2, 0.25) is 5.91 Å². The number of likely N-dealkylation sites (N-methyl/N-ethyl adjacent to an activating group) is 1. The lowest BCUT2D eigenvalue weighted by Crippen LogP contribution is -2.49. The highest BCUT2D eigenvalue weighted by Gasteiger charge is 2.27. The van der Waals surface area contributed by atoms with Gasteiger partial charge < -0.3 is 16.0 Å². The second kappa shape index (κ2) is 5.19. The molecule has 0 aliphatic heterocycles. The van der Waals surface area contributed by atoms with Crippen LogP contribution < -0.4 is 16.0 Å². The largest absolute Gasteiger partial charge is 0.372 e. The summed E-state index contributed by atoms with van der Waals surface area (Å²) >= 11 is 0. The van der Waals surface area contributed by atoms with Crippen molar-refractivity contribution in [2.75, 3.05) is 18.5 Å². The molecular formula is C13H19N3O. The molecule has 0 bridgehead atoms. The summed E-state index contributed by atoms with van der Waals surface area (Å²) in [5.74, 6) is -0.278. The standard InChI is InChI=1S/C13H19N3O/c1-16(11-5-3-2-4-6-11)9-12(13(14)17)15-10-7-8-10/h2-6,10,12,15H,7-9H2,1H3,(H2,14,17). The molecule has 1 amide bonds. The molecule has 4 heteroatoms. The molecule has 1 aliphatic rings. The number of carbonyl (C=O) groups is 1. The van der Waals surface area contributed by atoms with Crippen LogP contribution in [-0.4, -0.2) is 31.6 Å². The smallest absolute Gasteiger partial charge is 0.236 e. The van der Waals surface area contributed by atoms with Gasteiger partial charge in [-0.1, -0.05) is 18.2 Å². The monoisotopic (exact) mass is 233 g/mol. The quantitative estimate of drug-likeness (QED) is 0.761. The van der Waals surface area contributed by atoms with Crippen LogP contribution in [0.4, 0.5) is 5.69 Å². The van der Waals surface area contributed by atoms with Crippen molar-refractivity contribution >= 4 is 11.6 Å². The van der Waals surface area contributed by atoms with Gasteiger partial charge in [-0.2, -0.15) is 0 Å². The Bertz CT molecular complexity index is 376. The molecule has 3 N–H and O–H groups in total. The topological polar surface area (TPSA) is 58.4 Å². The number of anilines is 1. The van der Waals surface area contributed by atoms with Crippen molar-refractivity contribution in [1.82, 2.24) is 5.32 Å². The van der Waals surface area contributed by atoms with Gasteiger partial charge in [0.05, 0.1) is 0 Å².